The van der Waals surface area contributed by atoms with Crippen molar-refractivity contribution in [2.75, 3.05) is 6.61 Å². The smallest absolute Gasteiger partial charge is 0.170 e. The van der Waals surface area contributed by atoms with Crippen LogP contribution in [0, 0.1) is 24.6 Å². The lowest BCUT2D eigenvalue weighted by molar-refractivity contribution is 0.305. The predicted octanol–water partition coefficient (Wildman–Crippen LogP) is 3.01. The van der Waals surface area contributed by atoms with Crippen LogP contribution in [0.1, 0.15) is 23.4 Å². The van der Waals surface area contributed by atoms with Gasteiger partial charge in [0.25, 0.3) is 0 Å². The predicted molar refractivity (Wildman–Crippen MR) is 79.2 cm³/mol. The number of hydrogen-bond acceptors (Lipinski definition) is 5. The van der Waals surface area contributed by atoms with Crippen LogP contribution in [0.3, 0.4) is 0 Å². The minimum absolute atomic E-state index is 0.0133. The van der Waals surface area contributed by atoms with Crippen molar-refractivity contribution in [3.8, 4) is 11.8 Å². The second-order valence-corrected chi connectivity index (χ2v) is 5.96. The monoisotopic (exact) mass is 308 g/mol. The van der Waals surface area contributed by atoms with Gasteiger partial charge in [-0.15, -0.1) is 0 Å². The molecule has 0 radical (unpaired) electrons. The molecule has 104 valence electrons. The molecule has 1 heterocycles. The van der Waals surface area contributed by atoms with E-state index in [0.717, 1.165) is 15.7 Å². The third-order valence-corrected chi connectivity index (χ3v) is 4.36. The molecule has 0 atom stereocenters. The minimum Gasteiger partial charge on any atom is -0.395 e. The molecule has 0 saturated heterocycles. The van der Waals surface area contributed by atoms with Crippen LogP contribution >= 0.6 is 23.3 Å². The Morgan fingerprint density at radius 3 is 3.00 bits per heavy atom. The molecule has 0 spiro atoms. The molecule has 6 heteroatoms. The number of hydrogen-bond donors (Lipinski definition) is 1. The number of rotatable bonds is 4. The molecule has 0 aliphatic rings. The number of aromatic nitrogens is 2. The molecule has 3 nitrogen and oxygen atoms in total. The molecule has 2 aromatic rings. The van der Waals surface area contributed by atoms with E-state index in [-0.39, 0.29) is 12.4 Å². The summed E-state index contributed by atoms with van der Waals surface area (Å²) in [5, 5.41) is 8.67. The highest BCUT2D eigenvalue weighted by atomic mass is 32.2. The number of thioether (sulfide) groups is 1. The van der Waals surface area contributed by atoms with Crippen LogP contribution in [0.5, 0.6) is 0 Å². The highest BCUT2D eigenvalue weighted by molar-refractivity contribution is 8.00. The van der Waals surface area contributed by atoms with Gasteiger partial charge in [0.1, 0.15) is 11.6 Å². The maximum absolute atomic E-state index is 13.6. The molecule has 20 heavy (non-hydrogen) atoms. The molecule has 1 N–H and O–H groups in total. The van der Waals surface area contributed by atoms with E-state index in [0.29, 0.717) is 17.7 Å². The molecule has 0 fully saturated rings. The zero-order valence-corrected chi connectivity index (χ0v) is 12.5. The average Bonchev–Trinajstić information content (AvgIpc) is 2.85. The topological polar surface area (TPSA) is 46.0 Å². The highest BCUT2D eigenvalue weighted by Gasteiger charge is 2.05. The first-order chi connectivity index (χ1) is 9.69. The molecule has 2 rings (SSSR count). The van der Waals surface area contributed by atoms with Crippen LogP contribution in [0.25, 0.3) is 0 Å². The van der Waals surface area contributed by atoms with E-state index in [9.17, 15) is 4.39 Å². The molecular weight excluding hydrogens is 295 g/mol. The van der Waals surface area contributed by atoms with Gasteiger partial charge in [-0.2, -0.15) is 4.37 Å². The van der Waals surface area contributed by atoms with Gasteiger partial charge in [-0.25, -0.2) is 9.37 Å². The Bertz CT molecular complexity index is 646. The summed E-state index contributed by atoms with van der Waals surface area (Å²) >= 11 is 2.94. The van der Waals surface area contributed by atoms with Crippen LogP contribution < -0.4 is 0 Å². The average molecular weight is 308 g/mol. The standard InChI is InChI=1S/C14H13FN2OS2/c1-10-16-14(20-17-10)19-9-11-5-6-13(15)12(8-11)4-2-3-7-18/h5-6,8,18H,3,7,9H2,1H3. The summed E-state index contributed by atoms with van der Waals surface area (Å²) in [5.41, 5.74) is 1.35. The first-order valence-electron chi connectivity index (χ1n) is 6.00. The zero-order valence-electron chi connectivity index (χ0n) is 10.9. The summed E-state index contributed by atoms with van der Waals surface area (Å²) in [5.74, 6) is 6.60. The molecule has 0 amide bonds. The molecule has 1 aromatic carbocycles. The van der Waals surface area contributed by atoms with E-state index >= 15 is 0 Å². The molecule has 0 aliphatic heterocycles. The number of benzene rings is 1. The number of aryl methyl sites for hydroxylation is 1. The fraction of sp³-hybridized carbons (Fsp3) is 0.286. The third-order valence-electron chi connectivity index (χ3n) is 2.36. The fourth-order valence-electron chi connectivity index (χ4n) is 1.45. The second-order valence-electron chi connectivity index (χ2n) is 3.99. The van der Waals surface area contributed by atoms with Crippen LogP contribution in [-0.4, -0.2) is 21.1 Å². The molecule has 0 saturated carbocycles. The van der Waals surface area contributed by atoms with Crippen molar-refractivity contribution in [1.29, 1.82) is 0 Å². The van der Waals surface area contributed by atoms with E-state index in [1.807, 2.05) is 6.92 Å². The maximum Gasteiger partial charge on any atom is 0.170 e. The third kappa shape index (κ3) is 4.30. The van der Waals surface area contributed by atoms with Crippen LogP contribution in [0.15, 0.2) is 22.5 Å². The minimum atomic E-state index is -0.337. The van der Waals surface area contributed by atoms with Crippen LogP contribution in [-0.2, 0) is 5.75 Å². The maximum atomic E-state index is 13.6. The lowest BCUT2D eigenvalue weighted by Gasteiger charge is -2.01. The number of aliphatic hydroxyl groups excluding tert-OH is 1. The lowest BCUT2D eigenvalue weighted by atomic mass is 10.1. The van der Waals surface area contributed by atoms with Crippen molar-refractivity contribution < 1.29 is 9.50 Å². The van der Waals surface area contributed by atoms with E-state index < -0.39 is 0 Å². The van der Waals surface area contributed by atoms with E-state index in [1.165, 1.54) is 17.6 Å². The van der Waals surface area contributed by atoms with Gasteiger partial charge in [0.15, 0.2) is 4.34 Å². The zero-order chi connectivity index (χ0) is 14.4. The SMILES string of the molecule is Cc1nsc(SCc2ccc(F)c(C#CCCO)c2)n1. The normalized spacial score (nSPS) is 10.2. The summed E-state index contributed by atoms with van der Waals surface area (Å²) < 4.78 is 18.6. The second kappa shape index (κ2) is 7.39. The Kier molecular flexibility index (Phi) is 5.53. The van der Waals surface area contributed by atoms with Crippen molar-refractivity contribution in [3.05, 3.63) is 41.0 Å². The molecule has 1 aromatic heterocycles. The summed E-state index contributed by atoms with van der Waals surface area (Å²) in [6.07, 6.45) is 0.350. The number of nitrogens with zero attached hydrogens (tertiary/aromatic N) is 2. The van der Waals surface area contributed by atoms with Gasteiger partial charge in [0.05, 0.1) is 12.2 Å². The summed E-state index contributed by atoms with van der Waals surface area (Å²) in [7, 11) is 0. The van der Waals surface area contributed by atoms with E-state index in [1.54, 1.807) is 23.9 Å². The van der Waals surface area contributed by atoms with Gasteiger partial charge in [0, 0.05) is 12.2 Å². The van der Waals surface area contributed by atoms with Gasteiger partial charge in [-0.05, 0) is 36.2 Å². The Labute approximate surface area is 125 Å². The Morgan fingerprint density at radius 2 is 2.30 bits per heavy atom. The van der Waals surface area contributed by atoms with Gasteiger partial charge in [-0.3, -0.25) is 0 Å². The highest BCUT2D eigenvalue weighted by Crippen LogP contribution is 2.25. The van der Waals surface area contributed by atoms with E-state index in [2.05, 4.69) is 21.2 Å². The number of halogens is 1. The quantitative estimate of drug-likeness (QED) is 0.696. The summed E-state index contributed by atoms with van der Waals surface area (Å²) in [4.78, 5) is 4.27. The Balaban J connectivity index is 2.05. The van der Waals surface area contributed by atoms with Crippen molar-refractivity contribution in [2.24, 2.45) is 0 Å². The van der Waals surface area contributed by atoms with Crippen molar-refractivity contribution >= 4 is 23.3 Å². The lowest BCUT2D eigenvalue weighted by Crippen LogP contribution is -1.88. The molecule has 0 bridgehead atoms. The summed E-state index contributed by atoms with van der Waals surface area (Å²) in [6.45, 7) is 1.84. The van der Waals surface area contributed by atoms with Gasteiger partial charge >= 0.3 is 0 Å². The van der Waals surface area contributed by atoms with Gasteiger partial charge in [-0.1, -0.05) is 29.7 Å². The molecular formula is C14H13FN2OS2. The van der Waals surface area contributed by atoms with E-state index in [4.69, 9.17) is 5.11 Å². The van der Waals surface area contributed by atoms with Crippen molar-refractivity contribution in [2.45, 2.75) is 23.4 Å². The van der Waals surface area contributed by atoms with Crippen molar-refractivity contribution in [3.63, 3.8) is 0 Å². The van der Waals surface area contributed by atoms with Crippen molar-refractivity contribution in [1.82, 2.24) is 9.36 Å². The van der Waals surface area contributed by atoms with Crippen LogP contribution in [0.4, 0.5) is 4.39 Å². The van der Waals surface area contributed by atoms with Crippen LogP contribution in [0.2, 0.25) is 0 Å². The molecule has 0 aliphatic carbocycles. The molecule has 0 unspecified atom stereocenters. The first kappa shape index (κ1) is 15.0. The number of aliphatic hydroxyl groups is 1. The summed E-state index contributed by atoms with van der Waals surface area (Å²) in [6, 6.07) is 4.90. The Morgan fingerprint density at radius 1 is 1.45 bits per heavy atom. The fourth-order valence-corrected chi connectivity index (χ4v) is 3.04. The van der Waals surface area contributed by atoms with Gasteiger partial charge < -0.3 is 5.11 Å². The Hall–Kier alpha value is -1.42. The largest absolute Gasteiger partial charge is 0.395 e. The first-order valence-corrected chi connectivity index (χ1v) is 7.76. The van der Waals surface area contributed by atoms with Gasteiger partial charge in [0.2, 0.25) is 0 Å².